The molecule has 114 valence electrons. The van der Waals surface area contributed by atoms with Crippen LogP contribution in [-0.4, -0.2) is 43.1 Å². The van der Waals surface area contributed by atoms with E-state index in [0.717, 1.165) is 12.1 Å². The zero-order valence-corrected chi connectivity index (χ0v) is 13.4. The molecule has 0 bridgehead atoms. The van der Waals surface area contributed by atoms with Crippen LogP contribution in [0.15, 0.2) is 34.9 Å². The molecule has 0 aliphatic rings. The minimum atomic E-state index is -0.178. The summed E-state index contributed by atoms with van der Waals surface area (Å²) < 4.78 is 5.21. The first-order valence-corrected chi connectivity index (χ1v) is 6.63. The third-order valence-electron chi connectivity index (χ3n) is 2.91. The lowest BCUT2D eigenvalue weighted by atomic mass is 10.1. The molecular weight excluding hydrogens is 313 g/mol. The number of carbonyl (C=O) groups is 1. The van der Waals surface area contributed by atoms with E-state index in [9.17, 15) is 4.79 Å². The second-order valence-electron chi connectivity index (χ2n) is 4.39. The van der Waals surface area contributed by atoms with Gasteiger partial charge in [0.2, 0.25) is 0 Å². The Kier molecular flexibility index (Phi) is 6.68. The van der Waals surface area contributed by atoms with Crippen LogP contribution in [-0.2, 0) is 0 Å². The molecule has 1 N–H and O–H groups in total. The van der Waals surface area contributed by atoms with Crippen molar-refractivity contribution in [2.75, 3.05) is 27.2 Å². The number of halogens is 2. The zero-order valence-electron chi connectivity index (χ0n) is 11.8. The van der Waals surface area contributed by atoms with Gasteiger partial charge >= 0.3 is 0 Å². The highest BCUT2D eigenvalue weighted by molar-refractivity contribution is 6.33. The van der Waals surface area contributed by atoms with Gasteiger partial charge in [0.1, 0.15) is 0 Å². The Labute approximate surface area is 134 Å². The molecule has 1 amide bonds. The number of hydrogen-bond donors (Lipinski definition) is 1. The van der Waals surface area contributed by atoms with Crippen LogP contribution in [0, 0.1) is 0 Å². The molecule has 0 saturated heterocycles. The van der Waals surface area contributed by atoms with Gasteiger partial charge < -0.3 is 14.7 Å². The Morgan fingerprint density at radius 1 is 1.43 bits per heavy atom. The minimum Gasteiger partial charge on any atom is -0.355 e. The summed E-state index contributed by atoms with van der Waals surface area (Å²) >= 11 is 6.09. The maximum absolute atomic E-state index is 12.1. The summed E-state index contributed by atoms with van der Waals surface area (Å²) in [5.41, 5.74) is 0.997. The van der Waals surface area contributed by atoms with E-state index >= 15 is 0 Å². The van der Waals surface area contributed by atoms with Crippen molar-refractivity contribution in [2.24, 2.45) is 0 Å². The molecule has 0 atom stereocenters. The topological polar surface area (TPSA) is 58.4 Å². The first-order chi connectivity index (χ1) is 9.63. The van der Waals surface area contributed by atoms with E-state index in [-0.39, 0.29) is 24.0 Å². The van der Waals surface area contributed by atoms with E-state index in [1.165, 1.54) is 0 Å². The van der Waals surface area contributed by atoms with Gasteiger partial charge in [0.25, 0.3) is 5.91 Å². The van der Waals surface area contributed by atoms with Crippen LogP contribution in [0.4, 0.5) is 0 Å². The second-order valence-corrected chi connectivity index (χ2v) is 4.79. The number of rotatable bonds is 5. The number of hydrogen-bond acceptors (Lipinski definition) is 4. The van der Waals surface area contributed by atoms with Crippen molar-refractivity contribution in [1.29, 1.82) is 0 Å². The minimum absolute atomic E-state index is 0. The first-order valence-electron chi connectivity index (χ1n) is 6.25. The van der Waals surface area contributed by atoms with Crippen LogP contribution in [0.3, 0.4) is 0 Å². The lowest BCUT2D eigenvalue weighted by Crippen LogP contribution is -2.32. The number of aromatic nitrogens is 1. The summed E-state index contributed by atoms with van der Waals surface area (Å²) in [4.78, 5) is 13.7. The van der Waals surface area contributed by atoms with Crippen molar-refractivity contribution in [3.63, 3.8) is 0 Å². The lowest BCUT2D eigenvalue weighted by Gasteiger charge is -2.14. The lowest BCUT2D eigenvalue weighted by molar-refractivity contribution is 0.0786. The van der Waals surface area contributed by atoms with Crippen LogP contribution >= 0.6 is 24.0 Å². The van der Waals surface area contributed by atoms with Gasteiger partial charge in [0.05, 0.1) is 5.02 Å². The molecular formula is C14H17Cl2N3O2. The van der Waals surface area contributed by atoms with E-state index < -0.39 is 0 Å². The molecule has 0 radical (unpaired) electrons. The Hall–Kier alpha value is -1.56. The summed E-state index contributed by atoms with van der Waals surface area (Å²) in [6.45, 7) is 1.32. The molecule has 5 nitrogen and oxygen atoms in total. The van der Waals surface area contributed by atoms with Gasteiger partial charge in [-0.3, -0.25) is 4.79 Å². The summed E-state index contributed by atoms with van der Waals surface area (Å²) in [5, 5.41) is 7.37. The molecule has 1 aromatic carbocycles. The highest BCUT2D eigenvalue weighted by Gasteiger charge is 2.18. The van der Waals surface area contributed by atoms with Gasteiger partial charge in [-0.15, -0.1) is 12.4 Å². The molecule has 0 aliphatic heterocycles. The quantitative estimate of drug-likeness (QED) is 0.916. The van der Waals surface area contributed by atoms with Crippen LogP contribution in [0.1, 0.15) is 10.5 Å². The average Bonchev–Trinajstić information content (AvgIpc) is 2.94. The predicted molar refractivity (Wildman–Crippen MR) is 85.1 cm³/mol. The Balaban J connectivity index is 0.00000220. The predicted octanol–water partition coefficient (Wildman–Crippen LogP) is 2.71. The summed E-state index contributed by atoms with van der Waals surface area (Å²) in [6, 6.07) is 8.88. The number of amides is 1. The molecule has 7 heteroatoms. The fourth-order valence-corrected chi connectivity index (χ4v) is 1.97. The van der Waals surface area contributed by atoms with E-state index in [1.807, 2.05) is 25.2 Å². The smallest absolute Gasteiger partial charge is 0.275 e. The van der Waals surface area contributed by atoms with Crippen LogP contribution in [0.2, 0.25) is 5.02 Å². The van der Waals surface area contributed by atoms with Crippen molar-refractivity contribution in [1.82, 2.24) is 15.4 Å². The fourth-order valence-electron chi connectivity index (χ4n) is 1.74. The number of benzene rings is 1. The summed E-state index contributed by atoms with van der Waals surface area (Å²) in [6.07, 6.45) is 0. The van der Waals surface area contributed by atoms with Gasteiger partial charge in [0, 0.05) is 31.8 Å². The van der Waals surface area contributed by atoms with E-state index in [0.29, 0.717) is 17.3 Å². The van der Waals surface area contributed by atoms with Crippen molar-refractivity contribution in [3.8, 4) is 11.3 Å². The molecule has 21 heavy (non-hydrogen) atoms. The Morgan fingerprint density at radius 2 is 2.14 bits per heavy atom. The molecule has 0 aliphatic carbocycles. The highest BCUT2D eigenvalue weighted by Crippen LogP contribution is 2.28. The van der Waals surface area contributed by atoms with Gasteiger partial charge in [-0.2, -0.15) is 0 Å². The fraction of sp³-hybridized carbons (Fsp3) is 0.286. The van der Waals surface area contributed by atoms with Crippen molar-refractivity contribution in [3.05, 3.63) is 41.0 Å². The standard InChI is InChI=1S/C14H16ClN3O2.ClH/c1-16-7-8-18(2)14(19)12-9-13(20-17-12)10-5-3-4-6-11(10)15;/h3-6,9,16H,7-8H2,1-2H3;1H. The SMILES string of the molecule is CNCCN(C)C(=O)c1cc(-c2ccccc2Cl)on1.Cl. The molecule has 1 aromatic heterocycles. The van der Waals surface area contributed by atoms with Crippen LogP contribution in [0.5, 0.6) is 0 Å². The normalized spacial score (nSPS) is 10.0. The largest absolute Gasteiger partial charge is 0.355 e. The van der Waals surface area contributed by atoms with Crippen LogP contribution in [0.25, 0.3) is 11.3 Å². The molecule has 0 fully saturated rings. The van der Waals surface area contributed by atoms with Gasteiger partial charge in [-0.05, 0) is 19.2 Å². The zero-order chi connectivity index (χ0) is 14.5. The maximum Gasteiger partial charge on any atom is 0.275 e. The summed E-state index contributed by atoms with van der Waals surface area (Å²) in [5.74, 6) is 0.309. The first kappa shape index (κ1) is 17.5. The second kappa shape index (κ2) is 8.02. The third kappa shape index (κ3) is 4.20. The number of likely N-dealkylation sites (N-methyl/N-ethyl adjacent to an activating group) is 2. The third-order valence-corrected chi connectivity index (χ3v) is 3.24. The molecule has 2 rings (SSSR count). The summed E-state index contributed by atoms with van der Waals surface area (Å²) in [7, 11) is 3.56. The van der Waals surface area contributed by atoms with Gasteiger partial charge in [0.15, 0.2) is 11.5 Å². The highest BCUT2D eigenvalue weighted by atomic mass is 35.5. The van der Waals surface area contributed by atoms with E-state index in [4.69, 9.17) is 16.1 Å². The molecule has 2 aromatic rings. The van der Waals surface area contributed by atoms with Crippen molar-refractivity contribution < 1.29 is 9.32 Å². The van der Waals surface area contributed by atoms with Gasteiger partial charge in [-0.25, -0.2) is 0 Å². The monoisotopic (exact) mass is 329 g/mol. The Morgan fingerprint density at radius 3 is 2.81 bits per heavy atom. The molecule has 0 saturated carbocycles. The molecule has 0 unspecified atom stereocenters. The van der Waals surface area contributed by atoms with Crippen molar-refractivity contribution >= 4 is 29.9 Å². The maximum atomic E-state index is 12.1. The number of nitrogens with one attached hydrogen (secondary N) is 1. The van der Waals surface area contributed by atoms with Gasteiger partial charge in [-0.1, -0.05) is 28.9 Å². The molecule has 1 heterocycles. The average molecular weight is 330 g/mol. The van der Waals surface area contributed by atoms with Crippen molar-refractivity contribution in [2.45, 2.75) is 0 Å². The van der Waals surface area contributed by atoms with Crippen LogP contribution < -0.4 is 5.32 Å². The van der Waals surface area contributed by atoms with E-state index in [2.05, 4.69) is 10.5 Å². The Bertz CT molecular complexity index is 601. The van der Waals surface area contributed by atoms with E-state index in [1.54, 1.807) is 24.1 Å². The molecule has 0 spiro atoms. The number of carbonyl (C=O) groups excluding carboxylic acids is 1. The number of nitrogens with zero attached hydrogens (tertiary/aromatic N) is 2.